The molecule has 0 aliphatic carbocycles. The maximum Gasteiger partial charge on any atom is 0.330 e. The summed E-state index contributed by atoms with van der Waals surface area (Å²) in [6.45, 7) is -0.189. The Balaban J connectivity index is 2.06. The van der Waals surface area contributed by atoms with Gasteiger partial charge in [-0.1, -0.05) is 60.7 Å². The number of aliphatic hydroxyl groups excluding tert-OH is 2. The molecular formula is C33H35N3O7. The van der Waals surface area contributed by atoms with Gasteiger partial charge in [-0.05, 0) is 41.0 Å². The van der Waals surface area contributed by atoms with E-state index in [4.69, 9.17) is 19.9 Å². The number of hydrogen-bond acceptors (Lipinski definition) is 8. The van der Waals surface area contributed by atoms with E-state index >= 15 is 0 Å². The van der Waals surface area contributed by atoms with Crippen LogP contribution in [0.2, 0.25) is 0 Å². The van der Waals surface area contributed by atoms with Crippen molar-refractivity contribution in [2.75, 3.05) is 27.4 Å². The molecule has 1 aromatic heterocycles. The number of aliphatic hydroxyl groups is 2. The molecule has 1 aliphatic rings. The third kappa shape index (κ3) is 5.08. The zero-order valence-electron chi connectivity index (χ0n) is 24.0. The van der Waals surface area contributed by atoms with Gasteiger partial charge in [-0.3, -0.25) is 14.3 Å². The minimum absolute atomic E-state index is 0.137. The second kappa shape index (κ2) is 12.4. The van der Waals surface area contributed by atoms with Crippen molar-refractivity contribution in [2.45, 2.75) is 29.8 Å². The van der Waals surface area contributed by atoms with Crippen LogP contribution in [-0.4, -0.2) is 59.3 Å². The number of methoxy groups -OCH3 is 2. The number of benzene rings is 3. The molecule has 0 amide bonds. The molecule has 1 aliphatic heterocycles. The van der Waals surface area contributed by atoms with Crippen LogP contribution in [0.3, 0.4) is 0 Å². The maximum absolute atomic E-state index is 13.8. The summed E-state index contributed by atoms with van der Waals surface area (Å²) in [5, 5.41) is 21.7. The standard InChI is InChI=1S/C33H35N3O7/c1-41-25-12-6-11-24(19-25)33(23-9-4-3-5-10-23,26-18-22(8-7-16-34)13-14-28(26)42-2)32(20-27(38)29(21-37)43-32)36-17-15-30(39)35-31(36)40/h3-15,17-19,27,29,37-38H,16,20-21,34H2,1-2H3,(H,35,39,40)/b8-7+/t27-,29+,32-,33?/m0/s1. The quantitative estimate of drug-likeness (QED) is 0.207. The normalized spacial score (nSPS) is 21.5. The van der Waals surface area contributed by atoms with Crippen LogP contribution in [-0.2, 0) is 15.9 Å². The SMILES string of the molecule is COc1cccc(C(c2ccccc2)(c2cc(/C=C/CN)ccc2OC)[C@]2(n3ccc(=O)[nH]c3=O)C[C@H](O)[C@@H](CO)O2)c1. The molecule has 224 valence electrons. The van der Waals surface area contributed by atoms with Gasteiger partial charge in [0.2, 0.25) is 0 Å². The van der Waals surface area contributed by atoms with Crippen LogP contribution in [0.4, 0.5) is 0 Å². The van der Waals surface area contributed by atoms with Gasteiger partial charge >= 0.3 is 5.69 Å². The van der Waals surface area contributed by atoms with E-state index < -0.39 is 41.2 Å². The number of nitrogens with one attached hydrogen (secondary N) is 1. The third-order valence-electron chi connectivity index (χ3n) is 8.02. The fourth-order valence-corrected chi connectivity index (χ4v) is 6.24. The molecule has 5 N–H and O–H groups in total. The lowest BCUT2D eigenvalue weighted by atomic mass is 9.61. The van der Waals surface area contributed by atoms with Gasteiger partial charge in [0.1, 0.15) is 17.6 Å². The maximum atomic E-state index is 13.8. The minimum atomic E-state index is -1.75. The van der Waals surface area contributed by atoms with Crippen LogP contribution < -0.4 is 26.5 Å². The van der Waals surface area contributed by atoms with E-state index in [1.54, 1.807) is 20.3 Å². The number of nitrogens with zero attached hydrogens (tertiary/aromatic N) is 1. The molecule has 1 saturated heterocycles. The molecule has 4 atom stereocenters. The highest BCUT2D eigenvalue weighted by atomic mass is 16.6. The molecule has 5 rings (SSSR count). The Morgan fingerprint density at radius 3 is 2.47 bits per heavy atom. The monoisotopic (exact) mass is 585 g/mol. The lowest BCUT2D eigenvalue weighted by Gasteiger charge is -2.50. The van der Waals surface area contributed by atoms with E-state index in [-0.39, 0.29) is 6.42 Å². The number of ether oxygens (including phenoxy) is 3. The molecule has 1 unspecified atom stereocenters. The van der Waals surface area contributed by atoms with Gasteiger partial charge in [0, 0.05) is 30.8 Å². The van der Waals surface area contributed by atoms with Crippen molar-refractivity contribution in [2.24, 2.45) is 5.73 Å². The first-order valence-electron chi connectivity index (χ1n) is 13.9. The first-order valence-corrected chi connectivity index (χ1v) is 13.9. The second-order valence-corrected chi connectivity index (χ2v) is 10.3. The summed E-state index contributed by atoms with van der Waals surface area (Å²) in [5.41, 5.74) is 3.95. The van der Waals surface area contributed by atoms with Gasteiger partial charge in [0.15, 0.2) is 5.72 Å². The number of H-pyrrole nitrogens is 1. The second-order valence-electron chi connectivity index (χ2n) is 10.3. The predicted molar refractivity (Wildman–Crippen MR) is 162 cm³/mol. The highest BCUT2D eigenvalue weighted by Gasteiger charge is 2.64. The molecule has 43 heavy (non-hydrogen) atoms. The average molecular weight is 586 g/mol. The third-order valence-corrected chi connectivity index (χ3v) is 8.02. The van der Waals surface area contributed by atoms with E-state index in [1.807, 2.05) is 78.9 Å². The van der Waals surface area contributed by atoms with Crippen molar-refractivity contribution in [3.63, 3.8) is 0 Å². The van der Waals surface area contributed by atoms with E-state index in [9.17, 15) is 19.8 Å². The number of nitrogens with two attached hydrogens (primary N) is 1. The van der Waals surface area contributed by atoms with Gasteiger partial charge in [0.05, 0.1) is 32.3 Å². The van der Waals surface area contributed by atoms with Crippen LogP contribution in [0.5, 0.6) is 11.5 Å². The highest BCUT2D eigenvalue weighted by molar-refractivity contribution is 5.63. The number of rotatable bonds is 10. The predicted octanol–water partition coefficient (Wildman–Crippen LogP) is 2.36. The lowest BCUT2D eigenvalue weighted by molar-refractivity contribution is -0.147. The van der Waals surface area contributed by atoms with Crippen LogP contribution in [0.15, 0.2) is 101 Å². The van der Waals surface area contributed by atoms with Crippen molar-refractivity contribution in [3.8, 4) is 11.5 Å². The molecule has 2 heterocycles. The van der Waals surface area contributed by atoms with Gasteiger partial charge in [-0.2, -0.15) is 0 Å². The fourth-order valence-electron chi connectivity index (χ4n) is 6.24. The Bertz CT molecular complexity index is 1720. The number of aromatic nitrogens is 2. The molecule has 10 nitrogen and oxygen atoms in total. The van der Waals surface area contributed by atoms with Gasteiger partial charge < -0.3 is 30.2 Å². The van der Waals surface area contributed by atoms with Crippen molar-refractivity contribution >= 4 is 6.08 Å². The number of aromatic amines is 1. The number of hydrogen-bond donors (Lipinski definition) is 4. The van der Waals surface area contributed by atoms with E-state index in [0.717, 1.165) is 5.56 Å². The molecule has 0 bridgehead atoms. The van der Waals surface area contributed by atoms with Crippen LogP contribution in [0.25, 0.3) is 6.08 Å². The van der Waals surface area contributed by atoms with Crippen LogP contribution in [0, 0.1) is 0 Å². The summed E-state index contributed by atoms with van der Waals surface area (Å²) in [4.78, 5) is 28.4. The lowest BCUT2D eigenvalue weighted by Crippen LogP contribution is -2.59. The molecule has 0 saturated carbocycles. The zero-order chi connectivity index (χ0) is 30.6. The van der Waals surface area contributed by atoms with E-state index in [1.165, 1.54) is 16.8 Å². The molecule has 1 fully saturated rings. The first kappa shape index (κ1) is 30.0. The molecule has 10 heteroatoms. The van der Waals surface area contributed by atoms with E-state index in [0.29, 0.717) is 34.7 Å². The Morgan fingerprint density at radius 2 is 1.81 bits per heavy atom. The molecule has 0 radical (unpaired) electrons. The fraction of sp³-hybridized carbons (Fsp3) is 0.273. The Labute approximate surface area is 248 Å². The Hall–Kier alpha value is -4.48. The molecule has 0 spiro atoms. The minimum Gasteiger partial charge on any atom is -0.497 e. The molecule has 4 aromatic rings. The summed E-state index contributed by atoms with van der Waals surface area (Å²) in [6, 6.07) is 23.6. The van der Waals surface area contributed by atoms with Crippen molar-refractivity contribution in [3.05, 3.63) is 134 Å². The smallest absolute Gasteiger partial charge is 0.330 e. The summed E-state index contributed by atoms with van der Waals surface area (Å²) >= 11 is 0. The van der Waals surface area contributed by atoms with E-state index in [2.05, 4.69) is 4.98 Å². The van der Waals surface area contributed by atoms with Crippen LogP contribution in [0.1, 0.15) is 28.7 Å². The summed E-state index contributed by atoms with van der Waals surface area (Å²) < 4.78 is 19.7. The molecular weight excluding hydrogens is 550 g/mol. The van der Waals surface area contributed by atoms with Gasteiger partial charge in [-0.25, -0.2) is 4.79 Å². The summed E-state index contributed by atoms with van der Waals surface area (Å²) in [6.07, 6.45) is 2.69. The van der Waals surface area contributed by atoms with Gasteiger partial charge in [-0.15, -0.1) is 0 Å². The highest BCUT2D eigenvalue weighted by Crippen LogP contribution is 2.58. The summed E-state index contributed by atoms with van der Waals surface area (Å²) in [5.74, 6) is 1.01. The van der Waals surface area contributed by atoms with Crippen molar-refractivity contribution < 1.29 is 24.4 Å². The first-order chi connectivity index (χ1) is 20.8. The average Bonchev–Trinajstić information content (AvgIpc) is 3.37. The van der Waals surface area contributed by atoms with Crippen molar-refractivity contribution in [1.82, 2.24) is 9.55 Å². The largest absolute Gasteiger partial charge is 0.497 e. The Kier molecular flexibility index (Phi) is 8.65. The van der Waals surface area contributed by atoms with Crippen LogP contribution >= 0.6 is 0 Å². The van der Waals surface area contributed by atoms with Crippen molar-refractivity contribution in [1.29, 1.82) is 0 Å². The molecule has 3 aromatic carbocycles. The topological polar surface area (TPSA) is 149 Å². The van der Waals surface area contributed by atoms with Gasteiger partial charge in [0.25, 0.3) is 5.56 Å². The Morgan fingerprint density at radius 1 is 1.05 bits per heavy atom. The zero-order valence-corrected chi connectivity index (χ0v) is 24.0. The summed E-state index contributed by atoms with van der Waals surface area (Å²) in [7, 11) is 3.11.